The van der Waals surface area contributed by atoms with Gasteiger partial charge < -0.3 is 4.90 Å². The molecule has 1 rings (SSSR count). The van der Waals surface area contributed by atoms with Gasteiger partial charge in [0.1, 0.15) is 17.5 Å². The van der Waals surface area contributed by atoms with Gasteiger partial charge in [-0.15, -0.1) is 6.58 Å². The fourth-order valence-electron chi connectivity index (χ4n) is 1.49. The van der Waals surface area contributed by atoms with E-state index in [1.165, 1.54) is 0 Å². The molecule has 0 amide bonds. The molecule has 0 unspecified atom stereocenters. The van der Waals surface area contributed by atoms with Gasteiger partial charge in [0.25, 0.3) is 0 Å². The average Bonchev–Trinajstić information content (AvgIpc) is 2.40. The molecule has 0 bridgehead atoms. The van der Waals surface area contributed by atoms with Crippen LogP contribution in [0, 0.1) is 18.3 Å². The van der Waals surface area contributed by atoms with Gasteiger partial charge >= 0.3 is 0 Å². The summed E-state index contributed by atoms with van der Waals surface area (Å²) in [5, 5.41) is 13.2. The first-order valence-corrected chi connectivity index (χ1v) is 4.37. The Morgan fingerprint density at radius 1 is 1.71 bits per heavy atom. The second kappa shape index (κ2) is 3.97. The van der Waals surface area contributed by atoms with Crippen molar-refractivity contribution in [2.45, 2.75) is 6.92 Å². The van der Waals surface area contributed by atoms with Crippen LogP contribution in [0.2, 0.25) is 0 Å². The third kappa shape index (κ3) is 1.62. The van der Waals surface area contributed by atoms with Gasteiger partial charge in [0.15, 0.2) is 0 Å². The van der Waals surface area contributed by atoms with Crippen molar-refractivity contribution in [2.75, 3.05) is 18.5 Å². The van der Waals surface area contributed by atoms with E-state index in [0.717, 1.165) is 11.5 Å². The molecule has 0 aliphatic rings. The molecule has 0 atom stereocenters. The Morgan fingerprint density at radius 3 is 2.86 bits per heavy atom. The van der Waals surface area contributed by atoms with Gasteiger partial charge in [-0.1, -0.05) is 6.08 Å². The number of nitriles is 1. The number of hydrogen-bond donors (Lipinski definition) is 0. The van der Waals surface area contributed by atoms with Crippen molar-refractivity contribution in [3.63, 3.8) is 0 Å². The first kappa shape index (κ1) is 10.3. The number of aryl methyl sites for hydroxylation is 2. The van der Waals surface area contributed by atoms with Crippen LogP contribution in [0.15, 0.2) is 12.7 Å². The second-order valence-corrected chi connectivity index (χ2v) is 3.19. The minimum Gasteiger partial charge on any atom is -0.355 e. The van der Waals surface area contributed by atoms with Crippen LogP contribution in [0.25, 0.3) is 0 Å². The monoisotopic (exact) mass is 190 g/mol. The minimum atomic E-state index is 0.636. The maximum absolute atomic E-state index is 8.97. The van der Waals surface area contributed by atoms with Gasteiger partial charge in [-0.05, 0) is 6.92 Å². The highest BCUT2D eigenvalue weighted by Crippen LogP contribution is 2.20. The van der Waals surface area contributed by atoms with Crippen LogP contribution in [0.1, 0.15) is 11.3 Å². The number of rotatable bonds is 3. The third-order valence-electron chi connectivity index (χ3n) is 2.07. The summed E-state index contributed by atoms with van der Waals surface area (Å²) < 4.78 is 1.72. The van der Waals surface area contributed by atoms with E-state index in [4.69, 9.17) is 5.26 Å². The van der Waals surface area contributed by atoms with Gasteiger partial charge in [0.05, 0.1) is 5.69 Å². The van der Waals surface area contributed by atoms with Crippen LogP contribution in [-0.4, -0.2) is 23.4 Å². The third-order valence-corrected chi connectivity index (χ3v) is 2.07. The normalized spacial score (nSPS) is 9.57. The van der Waals surface area contributed by atoms with E-state index in [1.54, 1.807) is 10.8 Å². The zero-order chi connectivity index (χ0) is 10.7. The van der Waals surface area contributed by atoms with Crippen molar-refractivity contribution in [3.05, 3.63) is 23.9 Å². The highest BCUT2D eigenvalue weighted by atomic mass is 15.4. The van der Waals surface area contributed by atoms with Crippen LogP contribution < -0.4 is 4.90 Å². The molecule has 0 saturated heterocycles. The predicted octanol–water partition coefficient (Wildman–Crippen LogP) is 1.22. The molecule has 74 valence electrons. The summed E-state index contributed by atoms with van der Waals surface area (Å²) in [4.78, 5) is 1.95. The molecule has 4 heteroatoms. The van der Waals surface area contributed by atoms with Crippen molar-refractivity contribution in [2.24, 2.45) is 7.05 Å². The summed E-state index contributed by atoms with van der Waals surface area (Å²) in [5.74, 6) is 0.838. The maximum Gasteiger partial charge on any atom is 0.144 e. The number of nitrogens with zero attached hydrogens (tertiary/aromatic N) is 4. The Morgan fingerprint density at radius 2 is 2.36 bits per heavy atom. The number of hydrogen-bond acceptors (Lipinski definition) is 3. The van der Waals surface area contributed by atoms with Crippen molar-refractivity contribution in [3.8, 4) is 6.07 Å². The van der Waals surface area contributed by atoms with Gasteiger partial charge in [-0.2, -0.15) is 10.4 Å². The van der Waals surface area contributed by atoms with E-state index in [0.29, 0.717) is 12.1 Å². The smallest absolute Gasteiger partial charge is 0.144 e. The molecule has 0 fully saturated rings. The van der Waals surface area contributed by atoms with E-state index in [2.05, 4.69) is 17.7 Å². The van der Waals surface area contributed by atoms with Gasteiger partial charge in [0.2, 0.25) is 0 Å². The molecule has 4 nitrogen and oxygen atoms in total. The largest absolute Gasteiger partial charge is 0.355 e. The van der Waals surface area contributed by atoms with Crippen LogP contribution in [0.4, 0.5) is 5.82 Å². The zero-order valence-corrected chi connectivity index (χ0v) is 8.78. The molecule has 1 aromatic heterocycles. The van der Waals surface area contributed by atoms with Crippen molar-refractivity contribution >= 4 is 5.82 Å². The molecule has 0 aromatic carbocycles. The summed E-state index contributed by atoms with van der Waals surface area (Å²) in [6.07, 6.45) is 1.80. The summed E-state index contributed by atoms with van der Waals surface area (Å²) in [7, 11) is 3.75. The zero-order valence-electron chi connectivity index (χ0n) is 8.78. The molecule has 0 N–H and O–H groups in total. The number of aromatic nitrogens is 2. The molecular formula is C10H14N4. The molecule has 0 aliphatic carbocycles. The first-order valence-electron chi connectivity index (χ1n) is 4.37. The van der Waals surface area contributed by atoms with Crippen LogP contribution in [0.3, 0.4) is 0 Å². The van der Waals surface area contributed by atoms with E-state index in [1.807, 2.05) is 25.9 Å². The van der Waals surface area contributed by atoms with Crippen LogP contribution in [-0.2, 0) is 7.05 Å². The quantitative estimate of drug-likeness (QED) is 0.673. The summed E-state index contributed by atoms with van der Waals surface area (Å²) in [6.45, 7) is 6.20. The lowest BCUT2D eigenvalue weighted by Crippen LogP contribution is -2.20. The Bertz CT molecular complexity index is 384. The van der Waals surface area contributed by atoms with E-state index in [9.17, 15) is 0 Å². The molecule has 0 spiro atoms. The second-order valence-electron chi connectivity index (χ2n) is 3.19. The fourth-order valence-corrected chi connectivity index (χ4v) is 1.49. The molecule has 0 aliphatic heterocycles. The lowest BCUT2D eigenvalue weighted by Gasteiger charge is -2.17. The van der Waals surface area contributed by atoms with Crippen molar-refractivity contribution in [1.29, 1.82) is 5.26 Å². The summed E-state index contributed by atoms with van der Waals surface area (Å²) in [5.41, 5.74) is 1.40. The van der Waals surface area contributed by atoms with Crippen LogP contribution in [0.5, 0.6) is 0 Å². The standard InChI is InChI=1S/C10H14N4/c1-5-6-13(3)10-9(7-11)8(2)12-14(10)4/h5H,1,6H2,2-4H3. The predicted molar refractivity (Wildman–Crippen MR) is 56.1 cm³/mol. The molecule has 0 radical (unpaired) electrons. The molecule has 14 heavy (non-hydrogen) atoms. The lowest BCUT2D eigenvalue weighted by molar-refractivity contribution is 0.738. The summed E-state index contributed by atoms with van der Waals surface area (Å²) >= 11 is 0. The first-order chi connectivity index (χ1) is 6.61. The van der Waals surface area contributed by atoms with Gasteiger partial charge in [0, 0.05) is 20.6 Å². The highest BCUT2D eigenvalue weighted by Gasteiger charge is 2.15. The summed E-state index contributed by atoms with van der Waals surface area (Å²) in [6, 6.07) is 2.16. The van der Waals surface area contributed by atoms with Crippen LogP contribution >= 0.6 is 0 Å². The number of anilines is 1. The molecule has 1 aromatic rings. The van der Waals surface area contributed by atoms with Gasteiger partial charge in [-0.25, -0.2) is 0 Å². The molecular weight excluding hydrogens is 176 g/mol. The molecule has 0 saturated carbocycles. The van der Waals surface area contributed by atoms with Crippen molar-refractivity contribution < 1.29 is 0 Å². The SMILES string of the molecule is C=CCN(C)c1c(C#N)c(C)nn1C. The average molecular weight is 190 g/mol. The van der Waals surface area contributed by atoms with E-state index in [-0.39, 0.29) is 0 Å². The lowest BCUT2D eigenvalue weighted by atomic mass is 10.2. The van der Waals surface area contributed by atoms with E-state index >= 15 is 0 Å². The fraction of sp³-hybridized carbons (Fsp3) is 0.400. The highest BCUT2D eigenvalue weighted by molar-refractivity contribution is 5.56. The topological polar surface area (TPSA) is 44.9 Å². The Balaban J connectivity index is 3.19. The van der Waals surface area contributed by atoms with Crippen molar-refractivity contribution in [1.82, 2.24) is 9.78 Å². The maximum atomic E-state index is 8.97. The Kier molecular flexibility index (Phi) is 2.92. The Hall–Kier alpha value is -1.76. The Labute approximate surface area is 84.1 Å². The van der Waals surface area contributed by atoms with E-state index < -0.39 is 0 Å². The van der Waals surface area contributed by atoms with Gasteiger partial charge in [-0.3, -0.25) is 4.68 Å². The molecule has 1 heterocycles. The minimum absolute atomic E-state index is 0.636. The number of likely N-dealkylation sites (N-methyl/N-ethyl adjacent to an activating group) is 1.